The minimum Gasteiger partial charge on any atom is -0.303 e. The highest BCUT2D eigenvalue weighted by atomic mass is 32.2. The lowest BCUT2D eigenvalue weighted by Crippen LogP contribution is -2.11. The second kappa shape index (κ2) is 5.27. The molecule has 0 aliphatic heterocycles. The van der Waals surface area contributed by atoms with Crippen LogP contribution in [0.15, 0.2) is 46.7 Å². The molecule has 0 spiro atoms. The number of carbonyl (C=O) groups is 1. The SMILES string of the molecule is CC(C)(C=O)C/C=C/S(=O)(=O)c1ccccc1. The first-order chi connectivity index (χ1) is 7.87. The summed E-state index contributed by atoms with van der Waals surface area (Å²) in [6, 6.07) is 8.21. The Labute approximate surface area is 102 Å². The number of rotatable bonds is 5. The number of allylic oxidation sites excluding steroid dienone is 1. The summed E-state index contributed by atoms with van der Waals surface area (Å²) < 4.78 is 23.7. The van der Waals surface area contributed by atoms with Gasteiger partial charge in [-0.05, 0) is 18.6 Å². The number of hydrogen-bond acceptors (Lipinski definition) is 3. The van der Waals surface area contributed by atoms with E-state index in [-0.39, 0.29) is 4.90 Å². The van der Waals surface area contributed by atoms with Crippen LogP contribution in [0.2, 0.25) is 0 Å². The Morgan fingerprint density at radius 1 is 1.18 bits per heavy atom. The van der Waals surface area contributed by atoms with Crippen LogP contribution >= 0.6 is 0 Å². The van der Waals surface area contributed by atoms with E-state index in [1.807, 2.05) is 0 Å². The van der Waals surface area contributed by atoms with E-state index in [0.29, 0.717) is 6.42 Å². The van der Waals surface area contributed by atoms with Gasteiger partial charge in [0.25, 0.3) is 0 Å². The number of sulfone groups is 1. The molecule has 0 aromatic heterocycles. The standard InChI is InChI=1S/C13H16O3S/c1-13(2,11-14)9-6-10-17(15,16)12-7-4-3-5-8-12/h3-8,10-11H,9H2,1-2H3/b10-6+. The van der Waals surface area contributed by atoms with E-state index in [0.717, 1.165) is 11.7 Å². The van der Waals surface area contributed by atoms with Crippen LogP contribution in [0.3, 0.4) is 0 Å². The first-order valence-corrected chi connectivity index (χ1v) is 6.85. The maximum absolute atomic E-state index is 11.8. The maximum Gasteiger partial charge on any atom is 0.199 e. The smallest absolute Gasteiger partial charge is 0.199 e. The van der Waals surface area contributed by atoms with Gasteiger partial charge in [0.1, 0.15) is 6.29 Å². The molecule has 0 heterocycles. The Kier molecular flexibility index (Phi) is 4.23. The third-order valence-electron chi connectivity index (χ3n) is 2.31. The lowest BCUT2D eigenvalue weighted by molar-refractivity contribution is -0.114. The maximum atomic E-state index is 11.8. The normalized spacial score (nSPS) is 12.8. The van der Waals surface area contributed by atoms with Crippen LogP contribution in [-0.2, 0) is 14.6 Å². The molecule has 0 atom stereocenters. The lowest BCUT2D eigenvalue weighted by Gasteiger charge is -2.12. The molecule has 17 heavy (non-hydrogen) atoms. The summed E-state index contributed by atoms with van der Waals surface area (Å²) in [5.41, 5.74) is -0.525. The van der Waals surface area contributed by atoms with Gasteiger partial charge in [0.15, 0.2) is 9.84 Å². The highest BCUT2D eigenvalue weighted by Crippen LogP contribution is 2.18. The Bertz CT molecular complexity index is 499. The highest BCUT2D eigenvalue weighted by Gasteiger charge is 2.15. The minimum absolute atomic E-state index is 0.264. The summed E-state index contributed by atoms with van der Waals surface area (Å²) in [6.07, 6.45) is 2.76. The van der Waals surface area contributed by atoms with Crippen molar-refractivity contribution in [3.63, 3.8) is 0 Å². The fourth-order valence-electron chi connectivity index (χ4n) is 1.22. The summed E-state index contributed by atoms with van der Waals surface area (Å²) in [5.74, 6) is 0. The Morgan fingerprint density at radius 3 is 2.29 bits per heavy atom. The molecule has 1 aromatic carbocycles. The van der Waals surface area contributed by atoms with Crippen molar-refractivity contribution in [1.82, 2.24) is 0 Å². The topological polar surface area (TPSA) is 51.2 Å². The average molecular weight is 252 g/mol. The van der Waals surface area contributed by atoms with Crippen LogP contribution in [0.25, 0.3) is 0 Å². The molecule has 0 saturated carbocycles. The van der Waals surface area contributed by atoms with Gasteiger partial charge in [0, 0.05) is 10.8 Å². The van der Waals surface area contributed by atoms with Crippen LogP contribution in [0.4, 0.5) is 0 Å². The quantitative estimate of drug-likeness (QED) is 0.757. The van der Waals surface area contributed by atoms with Crippen LogP contribution in [0.1, 0.15) is 20.3 Å². The molecule has 0 unspecified atom stereocenters. The summed E-state index contributed by atoms with van der Waals surface area (Å²) in [6.45, 7) is 3.53. The van der Waals surface area contributed by atoms with Crippen LogP contribution in [-0.4, -0.2) is 14.7 Å². The van der Waals surface area contributed by atoms with E-state index in [1.54, 1.807) is 44.2 Å². The van der Waals surface area contributed by atoms with Crippen molar-refractivity contribution in [2.45, 2.75) is 25.2 Å². The highest BCUT2D eigenvalue weighted by molar-refractivity contribution is 7.94. The second-order valence-corrected chi connectivity index (χ2v) is 6.37. The Morgan fingerprint density at radius 2 is 1.76 bits per heavy atom. The van der Waals surface area contributed by atoms with Gasteiger partial charge in [0.05, 0.1) is 4.90 Å². The molecule has 3 nitrogen and oxygen atoms in total. The molecule has 0 bridgehead atoms. The minimum atomic E-state index is -3.39. The van der Waals surface area contributed by atoms with Crippen molar-refractivity contribution < 1.29 is 13.2 Å². The summed E-state index contributed by atoms with van der Waals surface area (Å²) in [4.78, 5) is 10.9. The van der Waals surface area contributed by atoms with Gasteiger partial charge in [-0.1, -0.05) is 38.1 Å². The molecule has 1 rings (SSSR count). The van der Waals surface area contributed by atoms with Crippen molar-refractivity contribution in [3.8, 4) is 0 Å². The Balaban J connectivity index is 2.82. The number of benzene rings is 1. The molecule has 0 aliphatic carbocycles. The van der Waals surface area contributed by atoms with E-state index < -0.39 is 15.3 Å². The van der Waals surface area contributed by atoms with Crippen molar-refractivity contribution in [2.24, 2.45) is 5.41 Å². The zero-order valence-corrected chi connectivity index (χ0v) is 10.8. The van der Waals surface area contributed by atoms with Crippen molar-refractivity contribution in [1.29, 1.82) is 0 Å². The fraction of sp³-hybridized carbons (Fsp3) is 0.308. The van der Waals surface area contributed by atoms with E-state index >= 15 is 0 Å². The molecule has 1 aromatic rings. The molecule has 4 heteroatoms. The monoisotopic (exact) mass is 252 g/mol. The van der Waals surface area contributed by atoms with Gasteiger partial charge < -0.3 is 4.79 Å². The molecule has 0 aliphatic rings. The van der Waals surface area contributed by atoms with E-state index in [1.165, 1.54) is 6.08 Å². The summed E-state index contributed by atoms with van der Waals surface area (Å²) >= 11 is 0. The number of carbonyl (C=O) groups excluding carboxylic acids is 1. The van der Waals surface area contributed by atoms with Crippen LogP contribution in [0, 0.1) is 5.41 Å². The summed E-state index contributed by atoms with van der Waals surface area (Å²) in [7, 11) is -3.39. The van der Waals surface area contributed by atoms with Crippen molar-refractivity contribution in [3.05, 3.63) is 41.8 Å². The van der Waals surface area contributed by atoms with Gasteiger partial charge in [0.2, 0.25) is 0 Å². The fourth-order valence-corrected chi connectivity index (χ4v) is 2.26. The molecule has 92 valence electrons. The van der Waals surface area contributed by atoms with Crippen molar-refractivity contribution >= 4 is 16.1 Å². The Hall–Kier alpha value is -1.42. The molecule has 0 fully saturated rings. The number of hydrogen-bond donors (Lipinski definition) is 0. The predicted octanol–water partition coefficient (Wildman–Crippen LogP) is 2.59. The van der Waals surface area contributed by atoms with Gasteiger partial charge in [-0.3, -0.25) is 0 Å². The van der Waals surface area contributed by atoms with Gasteiger partial charge >= 0.3 is 0 Å². The molecular formula is C13H16O3S. The third kappa shape index (κ3) is 4.15. The first kappa shape index (κ1) is 13.6. The van der Waals surface area contributed by atoms with E-state index in [4.69, 9.17) is 0 Å². The second-order valence-electron chi connectivity index (χ2n) is 4.54. The van der Waals surface area contributed by atoms with E-state index in [9.17, 15) is 13.2 Å². The van der Waals surface area contributed by atoms with Crippen LogP contribution in [0.5, 0.6) is 0 Å². The molecule has 0 saturated heterocycles. The number of aldehydes is 1. The predicted molar refractivity (Wildman–Crippen MR) is 67.2 cm³/mol. The third-order valence-corrected chi connectivity index (χ3v) is 3.79. The zero-order chi connectivity index (χ0) is 12.9. The molecule has 0 N–H and O–H groups in total. The summed E-state index contributed by atoms with van der Waals surface area (Å²) in [5, 5.41) is 1.16. The molecule has 0 amide bonds. The van der Waals surface area contributed by atoms with E-state index in [2.05, 4.69) is 0 Å². The first-order valence-electron chi connectivity index (χ1n) is 5.30. The zero-order valence-electron chi connectivity index (χ0n) is 9.96. The molecule has 0 radical (unpaired) electrons. The molecular weight excluding hydrogens is 236 g/mol. The van der Waals surface area contributed by atoms with Crippen molar-refractivity contribution in [2.75, 3.05) is 0 Å². The average Bonchev–Trinajstić information content (AvgIpc) is 2.30. The largest absolute Gasteiger partial charge is 0.303 e. The van der Waals surface area contributed by atoms with Crippen LogP contribution < -0.4 is 0 Å². The van der Waals surface area contributed by atoms with Gasteiger partial charge in [-0.25, -0.2) is 8.42 Å². The lowest BCUT2D eigenvalue weighted by atomic mass is 9.92. The van der Waals surface area contributed by atoms with Gasteiger partial charge in [-0.2, -0.15) is 0 Å². The van der Waals surface area contributed by atoms with Gasteiger partial charge in [-0.15, -0.1) is 0 Å².